The SMILES string of the molecule is CCOC(=O)C(CN)P(=O)(OCC)OCC. The molecule has 6 nitrogen and oxygen atoms in total. The van der Waals surface area contributed by atoms with E-state index in [-0.39, 0.29) is 26.4 Å². The molecule has 0 spiro atoms. The van der Waals surface area contributed by atoms with Crippen molar-refractivity contribution in [2.75, 3.05) is 26.4 Å². The zero-order valence-electron chi connectivity index (χ0n) is 9.97. The molecule has 7 heteroatoms. The quantitative estimate of drug-likeness (QED) is 0.515. The van der Waals surface area contributed by atoms with Crippen molar-refractivity contribution >= 4 is 13.6 Å². The molecule has 0 saturated heterocycles. The van der Waals surface area contributed by atoms with Gasteiger partial charge in [0.25, 0.3) is 0 Å². The van der Waals surface area contributed by atoms with Gasteiger partial charge in [0.2, 0.25) is 0 Å². The summed E-state index contributed by atoms with van der Waals surface area (Å²) < 4.78 is 27.1. The predicted octanol–water partition coefficient (Wildman–Crippen LogP) is 1.14. The van der Waals surface area contributed by atoms with E-state index in [0.29, 0.717) is 0 Å². The molecule has 1 unspecified atom stereocenters. The van der Waals surface area contributed by atoms with Crippen molar-refractivity contribution in [3.05, 3.63) is 0 Å². The molecule has 16 heavy (non-hydrogen) atoms. The highest BCUT2D eigenvalue weighted by atomic mass is 31.2. The fraction of sp³-hybridized carbons (Fsp3) is 0.889. The maximum absolute atomic E-state index is 12.2. The lowest BCUT2D eigenvalue weighted by atomic mass is 10.4. The van der Waals surface area contributed by atoms with Crippen molar-refractivity contribution in [2.45, 2.75) is 26.4 Å². The van der Waals surface area contributed by atoms with Gasteiger partial charge in [-0.1, -0.05) is 0 Å². The van der Waals surface area contributed by atoms with Crippen molar-refractivity contribution in [3.8, 4) is 0 Å². The Morgan fingerprint density at radius 1 is 1.19 bits per heavy atom. The Balaban J connectivity index is 4.83. The number of hydrogen-bond acceptors (Lipinski definition) is 6. The van der Waals surface area contributed by atoms with Crippen molar-refractivity contribution < 1.29 is 23.1 Å². The Morgan fingerprint density at radius 3 is 2.00 bits per heavy atom. The van der Waals surface area contributed by atoms with Crippen molar-refractivity contribution in [3.63, 3.8) is 0 Å². The van der Waals surface area contributed by atoms with Gasteiger partial charge >= 0.3 is 13.6 Å². The third-order valence-corrected chi connectivity index (χ3v) is 4.20. The summed E-state index contributed by atoms with van der Waals surface area (Å²) in [7, 11) is -3.51. The van der Waals surface area contributed by atoms with E-state index in [4.69, 9.17) is 19.5 Å². The van der Waals surface area contributed by atoms with E-state index in [9.17, 15) is 9.36 Å². The van der Waals surface area contributed by atoms with Crippen LogP contribution in [0.2, 0.25) is 0 Å². The third kappa shape index (κ3) is 4.22. The summed E-state index contributed by atoms with van der Waals surface area (Å²) in [4.78, 5) is 11.5. The van der Waals surface area contributed by atoms with Crippen LogP contribution in [0, 0.1) is 0 Å². The Bertz CT molecular complexity index is 248. The summed E-state index contributed by atoms with van der Waals surface area (Å²) in [6, 6.07) is 0. The highest BCUT2D eigenvalue weighted by Gasteiger charge is 2.41. The van der Waals surface area contributed by atoms with Gasteiger partial charge in [-0.3, -0.25) is 9.36 Å². The molecule has 0 aliphatic heterocycles. The topological polar surface area (TPSA) is 87.9 Å². The van der Waals surface area contributed by atoms with Crippen LogP contribution in [0.3, 0.4) is 0 Å². The Labute approximate surface area is 96.0 Å². The number of esters is 1. The van der Waals surface area contributed by atoms with Crippen molar-refractivity contribution in [1.82, 2.24) is 0 Å². The summed E-state index contributed by atoms with van der Waals surface area (Å²) in [6.07, 6.45) is 0. The molecular formula is C9H20NO5P. The zero-order chi connectivity index (χ0) is 12.6. The Morgan fingerprint density at radius 2 is 1.69 bits per heavy atom. The van der Waals surface area contributed by atoms with Gasteiger partial charge in [0.1, 0.15) is 0 Å². The monoisotopic (exact) mass is 253 g/mol. The molecule has 0 rings (SSSR count). The van der Waals surface area contributed by atoms with E-state index in [1.807, 2.05) is 0 Å². The second-order valence-corrected chi connectivity index (χ2v) is 5.10. The minimum absolute atomic E-state index is 0.129. The van der Waals surface area contributed by atoms with Crippen LogP contribution in [0.25, 0.3) is 0 Å². The van der Waals surface area contributed by atoms with Gasteiger partial charge < -0.3 is 19.5 Å². The van der Waals surface area contributed by atoms with Crippen LogP contribution in [0.4, 0.5) is 0 Å². The molecule has 96 valence electrons. The highest BCUT2D eigenvalue weighted by molar-refractivity contribution is 7.55. The lowest BCUT2D eigenvalue weighted by Gasteiger charge is -2.23. The molecule has 0 heterocycles. The average Bonchev–Trinajstić information content (AvgIpc) is 2.19. The summed E-state index contributed by atoms with van der Waals surface area (Å²) in [5, 5.41) is 0. The molecule has 1 atom stereocenters. The van der Waals surface area contributed by atoms with E-state index in [2.05, 4.69) is 0 Å². The van der Waals surface area contributed by atoms with Crippen LogP contribution in [-0.2, 0) is 23.1 Å². The average molecular weight is 253 g/mol. The highest BCUT2D eigenvalue weighted by Crippen LogP contribution is 2.52. The van der Waals surface area contributed by atoms with E-state index in [1.165, 1.54) is 0 Å². The van der Waals surface area contributed by atoms with Crippen LogP contribution < -0.4 is 5.73 Å². The lowest BCUT2D eigenvalue weighted by Crippen LogP contribution is -2.32. The molecule has 2 N–H and O–H groups in total. The van der Waals surface area contributed by atoms with E-state index >= 15 is 0 Å². The fourth-order valence-electron chi connectivity index (χ4n) is 1.17. The number of carbonyl (C=O) groups is 1. The maximum atomic E-state index is 12.2. The molecule has 0 aromatic heterocycles. The minimum Gasteiger partial charge on any atom is -0.465 e. The summed E-state index contributed by atoms with van der Waals surface area (Å²) in [5.74, 6) is -0.643. The number of nitrogens with two attached hydrogens (primary N) is 1. The molecule has 0 fully saturated rings. The number of carbonyl (C=O) groups excluding carboxylic acids is 1. The first-order valence-corrected chi connectivity index (χ1v) is 6.92. The molecule has 0 aliphatic carbocycles. The largest absolute Gasteiger partial charge is 0.465 e. The van der Waals surface area contributed by atoms with Crippen LogP contribution in [-0.4, -0.2) is 38.0 Å². The number of rotatable bonds is 8. The Kier molecular flexibility index (Phi) is 7.58. The molecule has 0 aromatic rings. The van der Waals surface area contributed by atoms with Gasteiger partial charge in [-0.15, -0.1) is 0 Å². The molecular weight excluding hydrogens is 233 g/mol. The van der Waals surface area contributed by atoms with Crippen LogP contribution in [0.1, 0.15) is 20.8 Å². The summed E-state index contributed by atoms with van der Waals surface area (Å²) >= 11 is 0. The van der Waals surface area contributed by atoms with Gasteiger partial charge in [0, 0.05) is 6.54 Å². The zero-order valence-corrected chi connectivity index (χ0v) is 10.9. The molecule has 0 bridgehead atoms. The second-order valence-electron chi connectivity index (χ2n) is 2.88. The molecule has 0 radical (unpaired) electrons. The Hall–Kier alpha value is -0.420. The van der Waals surface area contributed by atoms with Crippen molar-refractivity contribution in [2.24, 2.45) is 5.73 Å². The maximum Gasteiger partial charge on any atom is 0.346 e. The molecule has 0 aliphatic rings. The first-order valence-electron chi connectivity index (χ1n) is 5.31. The molecule has 0 aromatic carbocycles. The smallest absolute Gasteiger partial charge is 0.346 e. The lowest BCUT2D eigenvalue weighted by molar-refractivity contribution is -0.142. The van der Waals surface area contributed by atoms with E-state index in [1.54, 1.807) is 20.8 Å². The van der Waals surface area contributed by atoms with E-state index < -0.39 is 19.2 Å². The molecule has 0 amide bonds. The first-order chi connectivity index (χ1) is 7.55. The summed E-state index contributed by atoms with van der Waals surface area (Å²) in [5.41, 5.74) is 4.37. The fourth-order valence-corrected chi connectivity index (χ4v) is 2.92. The van der Waals surface area contributed by atoms with Crippen molar-refractivity contribution in [1.29, 1.82) is 0 Å². The van der Waals surface area contributed by atoms with Gasteiger partial charge in [-0.2, -0.15) is 0 Å². The van der Waals surface area contributed by atoms with Crippen LogP contribution >= 0.6 is 7.60 Å². The number of hydrogen-bond donors (Lipinski definition) is 1. The summed E-state index contributed by atoms with van der Waals surface area (Å²) in [6.45, 7) is 5.45. The van der Waals surface area contributed by atoms with Crippen LogP contribution in [0.5, 0.6) is 0 Å². The first kappa shape index (κ1) is 15.6. The standard InChI is InChI=1S/C9H20NO5P/c1-4-13-9(11)8(7-10)16(12,14-5-2)15-6-3/h8H,4-7,10H2,1-3H3. The van der Waals surface area contributed by atoms with Gasteiger partial charge in [-0.05, 0) is 20.8 Å². The van der Waals surface area contributed by atoms with Gasteiger partial charge in [-0.25, -0.2) is 0 Å². The van der Waals surface area contributed by atoms with Gasteiger partial charge in [0.05, 0.1) is 19.8 Å². The predicted molar refractivity (Wildman–Crippen MR) is 60.3 cm³/mol. The number of ether oxygens (including phenoxy) is 1. The van der Waals surface area contributed by atoms with Crippen LogP contribution in [0.15, 0.2) is 0 Å². The third-order valence-electron chi connectivity index (χ3n) is 1.78. The minimum atomic E-state index is -3.51. The normalized spacial score (nSPS) is 13.5. The van der Waals surface area contributed by atoms with Gasteiger partial charge in [0.15, 0.2) is 5.66 Å². The molecule has 0 saturated carbocycles. The van der Waals surface area contributed by atoms with E-state index in [0.717, 1.165) is 0 Å². The second kappa shape index (κ2) is 7.79.